The molecule has 0 atom stereocenters. The molecular weight excluding hydrogens is 278 g/mol. The topological polar surface area (TPSA) is 69.7 Å². The lowest BCUT2D eigenvalue weighted by molar-refractivity contribution is -0.117. The Bertz CT molecular complexity index is 667. The molecule has 2 aliphatic rings. The average Bonchev–Trinajstić information content (AvgIpc) is 2.62. The summed E-state index contributed by atoms with van der Waals surface area (Å²) >= 11 is 0. The molecule has 0 aliphatic carbocycles. The third kappa shape index (κ3) is 1.93. The highest BCUT2D eigenvalue weighted by atomic mass is 32.2. The average molecular weight is 295 g/mol. The molecule has 1 fully saturated rings. The number of fused-ring (bicyclic) bond motifs is 1. The van der Waals surface area contributed by atoms with Crippen LogP contribution in [0.2, 0.25) is 0 Å². The highest BCUT2D eigenvalue weighted by molar-refractivity contribution is 7.89. The second kappa shape index (κ2) is 4.54. The SMILES string of the molecule is CN1C(=O)Cc2cc(S(=O)(=O)N(C)C3CNC3)ccc21. The molecule has 1 aromatic carbocycles. The molecule has 0 radical (unpaired) electrons. The van der Waals surface area contributed by atoms with Gasteiger partial charge in [0.1, 0.15) is 0 Å². The molecule has 1 amide bonds. The van der Waals surface area contributed by atoms with Crippen LogP contribution in [0.3, 0.4) is 0 Å². The van der Waals surface area contributed by atoms with Gasteiger partial charge in [-0.05, 0) is 23.8 Å². The number of nitrogens with zero attached hydrogens (tertiary/aromatic N) is 2. The fraction of sp³-hybridized carbons (Fsp3) is 0.462. The van der Waals surface area contributed by atoms with Crippen molar-refractivity contribution in [2.45, 2.75) is 17.4 Å². The maximum atomic E-state index is 12.5. The van der Waals surface area contributed by atoms with E-state index in [-0.39, 0.29) is 23.3 Å². The van der Waals surface area contributed by atoms with Crippen LogP contribution in [0, 0.1) is 0 Å². The van der Waals surface area contributed by atoms with Gasteiger partial charge in [0, 0.05) is 38.9 Å². The van der Waals surface area contributed by atoms with Gasteiger partial charge in [0.05, 0.1) is 11.3 Å². The van der Waals surface area contributed by atoms with Crippen LogP contribution in [-0.4, -0.2) is 51.9 Å². The summed E-state index contributed by atoms with van der Waals surface area (Å²) in [7, 11) is -0.187. The van der Waals surface area contributed by atoms with E-state index in [0.29, 0.717) is 13.1 Å². The zero-order valence-corrected chi connectivity index (χ0v) is 12.3. The number of carbonyl (C=O) groups excluding carboxylic acids is 1. The normalized spacial score (nSPS) is 19.4. The van der Waals surface area contributed by atoms with Crippen molar-refractivity contribution in [2.75, 3.05) is 32.1 Å². The molecule has 0 aromatic heterocycles. The molecule has 20 heavy (non-hydrogen) atoms. The molecule has 2 heterocycles. The molecule has 1 aromatic rings. The molecule has 2 aliphatic heterocycles. The Morgan fingerprint density at radius 3 is 2.65 bits per heavy atom. The second-order valence-corrected chi connectivity index (χ2v) is 7.25. The molecule has 108 valence electrons. The zero-order chi connectivity index (χ0) is 14.5. The summed E-state index contributed by atoms with van der Waals surface area (Å²) in [4.78, 5) is 13.5. The minimum Gasteiger partial charge on any atom is -0.315 e. The standard InChI is InChI=1S/C13H17N3O3S/c1-15-12-4-3-11(5-9(12)6-13(15)17)20(18,19)16(2)10-7-14-8-10/h3-5,10,14H,6-8H2,1-2H3. The van der Waals surface area contributed by atoms with Gasteiger partial charge in [0.15, 0.2) is 0 Å². The van der Waals surface area contributed by atoms with Crippen molar-refractivity contribution < 1.29 is 13.2 Å². The number of nitrogens with one attached hydrogen (secondary N) is 1. The van der Waals surface area contributed by atoms with Crippen LogP contribution < -0.4 is 10.2 Å². The largest absolute Gasteiger partial charge is 0.315 e. The monoisotopic (exact) mass is 295 g/mol. The van der Waals surface area contributed by atoms with Crippen LogP contribution in [0.15, 0.2) is 23.1 Å². The summed E-state index contributed by atoms with van der Waals surface area (Å²) in [5, 5.41) is 3.06. The van der Waals surface area contributed by atoms with Crippen molar-refractivity contribution >= 4 is 21.6 Å². The Morgan fingerprint density at radius 2 is 2.05 bits per heavy atom. The molecule has 0 spiro atoms. The summed E-state index contributed by atoms with van der Waals surface area (Å²) in [5.74, 6) is -0.00824. The van der Waals surface area contributed by atoms with E-state index < -0.39 is 10.0 Å². The Balaban J connectivity index is 1.95. The Kier molecular flexibility index (Phi) is 3.07. The highest BCUT2D eigenvalue weighted by Gasteiger charge is 2.33. The third-order valence-corrected chi connectivity index (χ3v) is 5.99. The van der Waals surface area contributed by atoms with Gasteiger partial charge >= 0.3 is 0 Å². The van der Waals surface area contributed by atoms with Gasteiger partial charge in [-0.25, -0.2) is 8.42 Å². The van der Waals surface area contributed by atoms with E-state index in [4.69, 9.17) is 0 Å². The summed E-state index contributed by atoms with van der Waals surface area (Å²) in [5.41, 5.74) is 1.57. The van der Waals surface area contributed by atoms with Gasteiger partial charge in [-0.15, -0.1) is 0 Å². The first-order valence-corrected chi connectivity index (χ1v) is 7.93. The molecule has 3 rings (SSSR count). The first-order chi connectivity index (χ1) is 9.41. The number of anilines is 1. The fourth-order valence-electron chi connectivity index (χ4n) is 2.50. The number of amides is 1. The molecular formula is C13H17N3O3S. The molecule has 7 heteroatoms. The van der Waals surface area contributed by atoms with Crippen LogP contribution >= 0.6 is 0 Å². The lowest BCUT2D eigenvalue weighted by Gasteiger charge is -2.34. The maximum absolute atomic E-state index is 12.5. The number of benzene rings is 1. The van der Waals surface area contributed by atoms with Gasteiger partial charge < -0.3 is 10.2 Å². The highest BCUT2D eigenvalue weighted by Crippen LogP contribution is 2.30. The quantitative estimate of drug-likeness (QED) is 0.838. The van der Waals surface area contributed by atoms with Gasteiger partial charge in [0.25, 0.3) is 0 Å². The van der Waals surface area contributed by atoms with Crippen LogP contribution in [0.4, 0.5) is 5.69 Å². The van der Waals surface area contributed by atoms with E-state index in [1.165, 1.54) is 4.31 Å². The van der Waals surface area contributed by atoms with Crippen LogP contribution in [0.25, 0.3) is 0 Å². The van der Waals surface area contributed by atoms with E-state index in [9.17, 15) is 13.2 Å². The second-order valence-electron chi connectivity index (χ2n) is 5.25. The predicted molar refractivity (Wildman–Crippen MR) is 75.2 cm³/mol. The van der Waals surface area contributed by atoms with Crippen molar-refractivity contribution in [3.05, 3.63) is 23.8 Å². The van der Waals surface area contributed by atoms with E-state index in [1.807, 2.05) is 0 Å². The number of carbonyl (C=O) groups is 1. The number of likely N-dealkylation sites (N-methyl/N-ethyl adjacent to an activating group) is 2. The summed E-state index contributed by atoms with van der Waals surface area (Å²) in [6, 6.07) is 4.91. The van der Waals surface area contributed by atoms with E-state index in [2.05, 4.69) is 5.32 Å². The van der Waals surface area contributed by atoms with Crippen molar-refractivity contribution in [1.29, 1.82) is 0 Å². The van der Waals surface area contributed by atoms with E-state index in [1.54, 1.807) is 37.2 Å². The minimum atomic E-state index is -3.49. The van der Waals surface area contributed by atoms with Crippen molar-refractivity contribution in [3.8, 4) is 0 Å². The Hall–Kier alpha value is -1.44. The van der Waals surface area contributed by atoms with E-state index >= 15 is 0 Å². The lowest BCUT2D eigenvalue weighted by Crippen LogP contribution is -2.57. The number of hydrogen-bond acceptors (Lipinski definition) is 4. The number of hydrogen-bond donors (Lipinski definition) is 1. The molecule has 1 N–H and O–H groups in total. The molecule has 6 nitrogen and oxygen atoms in total. The number of sulfonamides is 1. The number of rotatable bonds is 3. The summed E-state index contributed by atoms with van der Waals surface area (Å²) in [6.07, 6.45) is 0.268. The summed E-state index contributed by atoms with van der Waals surface area (Å²) in [6.45, 7) is 1.36. The first-order valence-electron chi connectivity index (χ1n) is 6.49. The minimum absolute atomic E-state index is 0.00824. The lowest BCUT2D eigenvalue weighted by atomic mass is 10.2. The predicted octanol–water partition coefficient (Wildman–Crippen LogP) is -0.202. The summed E-state index contributed by atoms with van der Waals surface area (Å²) < 4.78 is 26.5. The molecule has 0 bridgehead atoms. The van der Waals surface area contributed by atoms with E-state index in [0.717, 1.165) is 11.3 Å². The van der Waals surface area contributed by atoms with Crippen LogP contribution in [0.5, 0.6) is 0 Å². The first kappa shape index (κ1) is 13.5. The van der Waals surface area contributed by atoms with Gasteiger partial charge in [-0.2, -0.15) is 4.31 Å². The molecule has 1 saturated heterocycles. The van der Waals surface area contributed by atoms with Gasteiger partial charge in [0.2, 0.25) is 15.9 Å². The van der Waals surface area contributed by atoms with Gasteiger partial charge in [-0.1, -0.05) is 0 Å². The van der Waals surface area contributed by atoms with Crippen LogP contribution in [-0.2, 0) is 21.2 Å². The fourth-order valence-corrected chi connectivity index (χ4v) is 3.91. The van der Waals surface area contributed by atoms with Crippen molar-refractivity contribution in [1.82, 2.24) is 9.62 Å². The van der Waals surface area contributed by atoms with Crippen LogP contribution in [0.1, 0.15) is 5.56 Å². The molecule has 0 saturated carbocycles. The van der Waals surface area contributed by atoms with Crippen molar-refractivity contribution in [3.63, 3.8) is 0 Å². The molecule has 0 unspecified atom stereocenters. The van der Waals surface area contributed by atoms with Crippen molar-refractivity contribution in [2.24, 2.45) is 0 Å². The Labute approximate surface area is 118 Å². The third-order valence-electron chi connectivity index (χ3n) is 4.08. The smallest absolute Gasteiger partial charge is 0.243 e. The van der Waals surface area contributed by atoms with Gasteiger partial charge in [-0.3, -0.25) is 4.79 Å². The zero-order valence-electron chi connectivity index (χ0n) is 11.5. The Morgan fingerprint density at radius 1 is 1.35 bits per heavy atom. The maximum Gasteiger partial charge on any atom is 0.243 e.